The Hall–Kier alpha value is -2.24. The van der Waals surface area contributed by atoms with E-state index in [4.69, 9.17) is 4.74 Å². The second-order valence-corrected chi connectivity index (χ2v) is 7.91. The molecule has 2 aliphatic rings. The molecule has 2 saturated heterocycles. The molecule has 0 spiro atoms. The van der Waals surface area contributed by atoms with Crippen LogP contribution in [0, 0.1) is 5.92 Å². The maximum atomic E-state index is 12.6. The topological polar surface area (TPSA) is 61.9 Å². The molecule has 2 fully saturated rings. The number of hydrogen-bond donors (Lipinski definition) is 1. The number of hydrogen-bond acceptors (Lipinski definition) is 3. The molecule has 0 radical (unpaired) electrons. The number of rotatable bonds is 4. The second-order valence-electron chi connectivity index (χ2n) is 7.91. The summed E-state index contributed by atoms with van der Waals surface area (Å²) in [5.41, 5.74) is 1.26. The summed E-state index contributed by atoms with van der Waals surface area (Å²) in [5.74, 6) is 1.48. The first-order valence-corrected chi connectivity index (χ1v) is 9.96. The third-order valence-electron chi connectivity index (χ3n) is 5.69. The van der Waals surface area contributed by atoms with Gasteiger partial charge in [0.2, 0.25) is 5.91 Å². The third kappa shape index (κ3) is 4.73. The number of likely N-dealkylation sites (tertiary alicyclic amines) is 2. The lowest BCUT2D eigenvalue weighted by Crippen LogP contribution is -2.50. The molecule has 6 nitrogen and oxygen atoms in total. The summed E-state index contributed by atoms with van der Waals surface area (Å²) >= 11 is 0. The summed E-state index contributed by atoms with van der Waals surface area (Å²) in [5, 5.41) is 3.17. The van der Waals surface area contributed by atoms with Crippen LogP contribution in [0.1, 0.15) is 44.6 Å². The molecule has 0 aromatic heterocycles. The molecule has 0 aliphatic carbocycles. The van der Waals surface area contributed by atoms with Crippen molar-refractivity contribution in [1.29, 1.82) is 0 Å². The van der Waals surface area contributed by atoms with Gasteiger partial charge in [0.15, 0.2) is 0 Å². The van der Waals surface area contributed by atoms with Gasteiger partial charge >= 0.3 is 6.03 Å². The lowest BCUT2D eigenvalue weighted by Gasteiger charge is -2.34. The number of amides is 3. The molecule has 2 heterocycles. The Morgan fingerprint density at radius 3 is 2.26 bits per heavy atom. The number of nitrogens with one attached hydrogen (secondary N) is 1. The highest BCUT2D eigenvalue weighted by atomic mass is 16.5. The van der Waals surface area contributed by atoms with Crippen LogP contribution in [-0.4, -0.2) is 61.1 Å². The zero-order valence-electron chi connectivity index (χ0n) is 16.6. The van der Waals surface area contributed by atoms with Gasteiger partial charge in [-0.2, -0.15) is 0 Å². The monoisotopic (exact) mass is 373 g/mol. The predicted molar refractivity (Wildman–Crippen MR) is 105 cm³/mol. The molecule has 1 unspecified atom stereocenters. The molecule has 27 heavy (non-hydrogen) atoms. The molecule has 0 bridgehead atoms. The first kappa shape index (κ1) is 19.5. The molecule has 148 valence electrons. The molecule has 1 N–H and O–H groups in total. The number of methoxy groups -OCH3 is 1. The van der Waals surface area contributed by atoms with E-state index in [2.05, 4.69) is 17.4 Å². The van der Waals surface area contributed by atoms with Crippen LogP contribution >= 0.6 is 0 Å². The number of piperidine rings is 1. The van der Waals surface area contributed by atoms with Crippen molar-refractivity contribution in [2.75, 3.05) is 33.3 Å². The smallest absolute Gasteiger partial charge is 0.317 e. The van der Waals surface area contributed by atoms with Gasteiger partial charge in [-0.1, -0.05) is 26.0 Å². The predicted octanol–water partition coefficient (Wildman–Crippen LogP) is 2.84. The molecule has 1 atom stereocenters. The molecular weight excluding hydrogens is 342 g/mol. The van der Waals surface area contributed by atoms with Crippen molar-refractivity contribution in [2.24, 2.45) is 5.92 Å². The fourth-order valence-electron chi connectivity index (χ4n) is 3.97. The van der Waals surface area contributed by atoms with E-state index in [1.165, 1.54) is 5.56 Å². The maximum Gasteiger partial charge on any atom is 0.317 e. The standard InChI is InChI=1S/C21H31N3O3/c1-15(2)20(25)23-12-9-18(10-13-23)22-21(26)24-11-8-17(14-24)16-4-6-19(27-3)7-5-16/h4-7,15,17-18H,8-14H2,1-3H3,(H,22,26). The Balaban J connectivity index is 1.46. The minimum Gasteiger partial charge on any atom is -0.497 e. The van der Waals surface area contributed by atoms with Gasteiger partial charge in [-0.25, -0.2) is 4.79 Å². The SMILES string of the molecule is COc1ccc(C2CCN(C(=O)NC3CCN(C(=O)C(C)C)CC3)C2)cc1. The molecule has 0 saturated carbocycles. The number of ether oxygens (including phenoxy) is 1. The summed E-state index contributed by atoms with van der Waals surface area (Å²) in [6, 6.07) is 8.32. The van der Waals surface area contributed by atoms with E-state index in [-0.39, 0.29) is 23.9 Å². The number of carbonyl (C=O) groups excluding carboxylic acids is 2. The van der Waals surface area contributed by atoms with Gasteiger partial charge in [-0.15, -0.1) is 0 Å². The van der Waals surface area contributed by atoms with Gasteiger partial charge < -0.3 is 19.9 Å². The summed E-state index contributed by atoms with van der Waals surface area (Å²) in [4.78, 5) is 28.5. The summed E-state index contributed by atoms with van der Waals surface area (Å²) in [6.45, 7) is 6.87. The van der Waals surface area contributed by atoms with E-state index in [0.29, 0.717) is 5.92 Å². The highest BCUT2D eigenvalue weighted by Gasteiger charge is 2.30. The minimum atomic E-state index is 0.0275. The van der Waals surface area contributed by atoms with Crippen LogP contribution in [-0.2, 0) is 4.79 Å². The van der Waals surface area contributed by atoms with Gasteiger partial charge in [0.1, 0.15) is 5.75 Å². The zero-order valence-corrected chi connectivity index (χ0v) is 16.6. The van der Waals surface area contributed by atoms with Crippen LogP contribution in [0.25, 0.3) is 0 Å². The van der Waals surface area contributed by atoms with Crippen LogP contribution in [0.5, 0.6) is 5.75 Å². The quantitative estimate of drug-likeness (QED) is 0.883. The van der Waals surface area contributed by atoms with Crippen molar-refractivity contribution in [3.63, 3.8) is 0 Å². The Kier molecular flexibility index (Phi) is 6.24. The van der Waals surface area contributed by atoms with Crippen molar-refractivity contribution >= 4 is 11.9 Å². The van der Waals surface area contributed by atoms with Crippen molar-refractivity contribution in [3.8, 4) is 5.75 Å². The first-order chi connectivity index (χ1) is 13.0. The largest absolute Gasteiger partial charge is 0.497 e. The summed E-state index contributed by atoms with van der Waals surface area (Å²) in [6.07, 6.45) is 2.65. The number of nitrogens with zero attached hydrogens (tertiary/aromatic N) is 2. The van der Waals surface area contributed by atoms with Crippen molar-refractivity contribution in [1.82, 2.24) is 15.1 Å². The first-order valence-electron chi connectivity index (χ1n) is 9.96. The molecule has 1 aromatic rings. The second kappa shape index (κ2) is 8.63. The molecular formula is C21H31N3O3. The number of urea groups is 1. The van der Waals surface area contributed by atoms with Crippen LogP contribution in [0.4, 0.5) is 4.79 Å². The average molecular weight is 373 g/mol. The Morgan fingerprint density at radius 2 is 1.67 bits per heavy atom. The van der Waals surface area contributed by atoms with Gasteiger partial charge in [-0.05, 0) is 37.0 Å². The fraction of sp³-hybridized carbons (Fsp3) is 0.619. The average Bonchev–Trinajstić information content (AvgIpc) is 3.18. The molecule has 6 heteroatoms. The Bertz CT molecular complexity index is 651. The summed E-state index contributed by atoms with van der Waals surface area (Å²) < 4.78 is 5.21. The normalized spacial score (nSPS) is 20.8. The van der Waals surface area contributed by atoms with Crippen LogP contribution in [0.2, 0.25) is 0 Å². The van der Waals surface area contributed by atoms with E-state index in [0.717, 1.165) is 51.2 Å². The van der Waals surface area contributed by atoms with Crippen molar-refractivity contribution < 1.29 is 14.3 Å². The van der Waals surface area contributed by atoms with Gasteiger partial charge in [0.05, 0.1) is 7.11 Å². The highest BCUT2D eigenvalue weighted by molar-refractivity contribution is 5.78. The highest BCUT2D eigenvalue weighted by Crippen LogP contribution is 2.28. The van der Waals surface area contributed by atoms with E-state index >= 15 is 0 Å². The molecule has 2 aliphatic heterocycles. The molecule has 3 amide bonds. The zero-order chi connectivity index (χ0) is 19.4. The van der Waals surface area contributed by atoms with Crippen LogP contribution < -0.4 is 10.1 Å². The maximum absolute atomic E-state index is 12.6. The van der Waals surface area contributed by atoms with E-state index in [9.17, 15) is 9.59 Å². The van der Waals surface area contributed by atoms with Gasteiger partial charge in [-0.3, -0.25) is 4.79 Å². The molecule has 1 aromatic carbocycles. The Labute approximate surface area is 161 Å². The number of benzene rings is 1. The van der Waals surface area contributed by atoms with Crippen LogP contribution in [0.3, 0.4) is 0 Å². The number of carbonyl (C=O) groups is 2. The van der Waals surface area contributed by atoms with E-state index in [1.807, 2.05) is 35.8 Å². The Morgan fingerprint density at radius 1 is 1.04 bits per heavy atom. The van der Waals surface area contributed by atoms with Gasteiger partial charge in [0.25, 0.3) is 0 Å². The van der Waals surface area contributed by atoms with Crippen molar-refractivity contribution in [3.05, 3.63) is 29.8 Å². The fourth-order valence-corrected chi connectivity index (χ4v) is 3.97. The van der Waals surface area contributed by atoms with E-state index < -0.39 is 0 Å². The lowest BCUT2D eigenvalue weighted by molar-refractivity contribution is -0.135. The van der Waals surface area contributed by atoms with Crippen molar-refractivity contribution in [2.45, 2.75) is 45.1 Å². The van der Waals surface area contributed by atoms with Gasteiger partial charge in [0, 0.05) is 44.1 Å². The summed E-state index contributed by atoms with van der Waals surface area (Å²) in [7, 11) is 1.67. The lowest BCUT2D eigenvalue weighted by atomic mass is 9.98. The minimum absolute atomic E-state index is 0.0275. The molecule has 3 rings (SSSR count). The van der Waals surface area contributed by atoms with Crippen LogP contribution in [0.15, 0.2) is 24.3 Å². The third-order valence-corrected chi connectivity index (χ3v) is 5.69. The van der Waals surface area contributed by atoms with E-state index in [1.54, 1.807) is 7.11 Å².